The Morgan fingerprint density at radius 2 is 1.94 bits per heavy atom. The summed E-state index contributed by atoms with van der Waals surface area (Å²) in [5.74, 6) is -0.360. The van der Waals surface area contributed by atoms with Crippen LogP contribution in [0.3, 0.4) is 0 Å². The molecule has 2 N–H and O–H groups in total. The van der Waals surface area contributed by atoms with Gasteiger partial charge in [-0.15, -0.1) is 0 Å². The van der Waals surface area contributed by atoms with E-state index in [-0.39, 0.29) is 5.82 Å². The first-order chi connectivity index (χ1) is 8.09. The van der Waals surface area contributed by atoms with E-state index in [9.17, 15) is 4.39 Å². The summed E-state index contributed by atoms with van der Waals surface area (Å²) in [6.07, 6.45) is 2.75. The molecule has 0 bridgehead atoms. The number of aromatic nitrogens is 1. The van der Waals surface area contributed by atoms with Crippen LogP contribution in [-0.4, -0.2) is 4.98 Å². The molecule has 1 aromatic carbocycles. The maximum absolute atomic E-state index is 13.6. The molecule has 17 heavy (non-hydrogen) atoms. The lowest BCUT2D eigenvalue weighted by Gasteiger charge is -2.16. The SMILES string of the molecule is Cc1ccc(C)c(C(N)c2ccncc2F)c1. The highest BCUT2D eigenvalue weighted by molar-refractivity contribution is 5.38. The van der Waals surface area contributed by atoms with Crippen molar-refractivity contribution in [2.45, 2.75) is 19.9 Å². The average Bonchev–Trinajstić information content (AvgIpc) is 2.32. The van der Waals surface area contributed by atoms with Crippen LogP contribution in [0.1, 0.15) is 28.3 Å². The lowest BCUT2D eigenvalue weighted by atomic mass is 9.94. The molecule has 0 aliphatic carbocycles. The van der Waals surface area contributed by atoms with E-state index in [0.717, 1.165) is 16.7 Å². The number of hydrogen-bond donors (Lipinski definition) is 1. The van der Waals surface area contributed by atoms with Crippen molar-refractivity contribution in [2.75, 3.05) is 0 Å². The van der Waals surface area contributed by atoms with E-state index in [0.29, 0.717) is 5.56 Å². The van der Waals surface area contributed by atoms with Crippen LogP contribution in [-0.2, 0) is 0 Å². The highest BCUT2D eigenvalue weighted by Crippen LogP contribution is 2.24. The summed E-state index contributed by atoms with van der Waals surface area (Å²) in [6, 6.07) is 7.21. The summed E-state index contributed by atoms with van der Waals surface area (Å²) >= 11 is 0. The van der Waals surface area contributed by atoms with E-state index in [1.165, 1.54) is 6.20 Å². The number of pyridine rings is 1. The normalized spacial score (nSPS) is 12.5. The van der Waals surface area contributed by atoms with E-state index < -0.39 is 6.04 Å². The monoisotopic (exact) mass is 230 g/mol. The van der Waals surface area contributed by atoms with Gasteiger partial charge >= 0.3 is 0 Å². The maximum Gasteiger partial charge on any atom is 0.146 e. The van der Waals surface area contributed by atoms with Gasteiger partial charge < -0.3 is 5.73 Å². The van der Waals surface area contributed by atoms with Crippen molar-refractivity contribution >= 4 is 0 Å². The van der Waals surface area contributed by atoms with Crippen molar-refractivity contribution in [2.24, 2.45) is 5.73 Å². The van der Waals surface area contributed by atoms with Gasteiger partial charge in [0.2, 0.25) is 0 Å². The molecule has 3 heteroatoms. The van der Waals surface area contributed by atoms with E-state index in [2.05, 4.69) is 4.98 Å². The van der Waals surface area contributed by atoms with Crippen LogP contribution in [0.25, 0.3) is 0 Å². The van der Waals surface area contributed by atoms with Gasteiger partial charge in [-0.25, -0.2) is 4.39 Å². The predicted molar refractivity (Wildman–Crippen MR) is 66.1 cm³/mol. The zero-order valence-corrected chi connectivity index (χ0v) is 9.94. The zero-order chi connectivity index (χ0) is 12.4. The van der Waals surface area contributed by atoms with Crippen LogP contribution < -0.4 is 5.73 Å². The molecule has 2 rings (SSSR count). The molecule has 0 spiro atoms. The van der Waals surface area contributed by atoms with Gasteiger partial charge in [-0.2, -0.15) is 0 Å². The van der Waals surface area contributed by atoms with Gasteiger partial charge in [0, 0.05) is 11.8 Å². The lowest BCUT2D eigenvalue weighted by molar-refractivity contribution is 0.593. The number of nitrogens with two attached hydrogens (primary N) is 1. The van der Waals surface area contributed by atoms with Crippen molar-refractivity contribution in [1.82, 2.24) is 4.98 Å². The molecule has 0 saturated heterocycles. The number of aryl methyl sites for hydroxylation is 2. The Morgan fingerprint density at radius 1 is 1.18 bits per heavy atom. The molecular formula is C14H15FN2. The Bertz CT molecular complexity index is 537. The summed E-state index contributed by atoms with van der Waals surface area (Å²) in [5.41, 5.74) is 9.74. The molecule has 0 aliphatic heterocycles. The standard InChI is InChI=1S/C14H15FN2/c1-9-3-4-10(2)12(7-9)14(16)11-5-6-17-8-13(11)15/h3-8,14H,16H2,1-2H3. The molecule has 0 amide bonds. The third-order valence-corrected chi connectivity index (χ3v) is 2.91. The van der Waals surface area contributed by atoms with Crippen molar-refractivity contribution < 1.29 is 4.39 Å². The van der Waals surface area contributed by atoms with E-state index in [1.807, 2.05) is 32.0 Å². The second kappa shape index (κ2) is 4.63. The van der Waals surface area contributed by atoms with Crippen LogP contribution in [0.4, 0.5) is 4.39 Å². The maximum atomic E-state index is 13.6. The Morgan fingerprint density at radius 3 is 2.65 bits per heavy atom. The third kappa shape index (κ3) is 2.34. The minimum absolute atomic E-state index is 0.360. The molecule has 1 heterocycles. The highest BCUT2D eigenvalue weighted by Gasteiger charge is 2.15. The second-order valence-corrected chi connectivity index (χ2v) is 4.23. The molecule has 1 aromatic heterocycles. The molecule has 0 fully saturated rings. The Balaban J connectivity index is 2.47. The fourth-order valence-electron chi connectivity index (χ4n) is 1.90. The minimum atomic E-state index is -0.446. The fraction of sp³-hybridized carbons (Fsp3) is 0.214. The highest BCUT2D eigenvalue weighted by atomic mass is 19.1. The van der Waals surface area contributed by atoms with Gasteiger partial charge in [-0.3, -0.25) is 4.98 Å². The van der Waals surface area contributed by atoms with Crippen molar-refractivity contribution in [3.8, 4) is 0 Å². The fourth-order valence-corrected chi connectivity index (χ4v) is 1.90. The first-order valence-corrected chi connectivity index (χ1v) is 5.51. The lowest BCUT2D eigenvalue weighted by Crippen LogP contribution is -2.15. The minimum Gasteiger partial charge on any atom is -0.320 e. The summed E-state index contributed by atoms with van der Waals surface area (Å²) < 4.78 is 13.6. The third-order valence-electron chi connectivity index (χ3n) is 2.91. The molecular weight excluding hydrogens is 215 g/mol. The Hall–Kier alpha value is -1.74. The van der Waals surface area contributed by atoms with Gasteiger partial charge in [-0.05, 0) is 31.0 Å². The molecule has 0 radical (unpaired) electrons. The van der Waals surface area contributed by atoms with Crippen LogP contribution in [0, 0.1) is 19.7 Å². The summed E-state index contributed by atoms with van der Waals surface area (Å²) in [5, 5.41) is 0. The quantitative estimate of drug-likeness (QED) is 0.861. The van der Waals surface area contributed by atoms with E-state index >= 15 is 0 Å². The summed E-state index contributed by atoms with van der Waals surface area (Å²) in [4.78, 5) is 3.73. The van der Waals surface area contributed by atoms with Crippen molar-refractivity contribution in [3.63, 3.8) is 0 Å². The Kier molecular flexibility index (Phi) is 3.20. The van der Waals surface area contributed by atoms with Crippen LogP contribution in [0.5, 0.6) is 0 Å². The topological polar surface area (TPSA) is 38.9 Å². The number of nitrogens with zero attached hydrogens (tertiary/aromatic N) is 1. The van der Waals surface area contributed by atoms with Crippen LogP contribution >= 0.6 is 0 Å². The summed E-state index contributed by atoms with van der Waals surface area (Å²) in [6.45, 7) is 3.98. The van der Waals surface area contributed by atoms with Crippen LogP contribution in [0.2, 0.25) is 0 Å². The van der Waals surface area contributed by atoms with Crippen molar-refractivity contribution in [3.05, 3.63) is 64.7 Å². The molecule has 2 aromatic rings. The molecule has 2 nitrogen and oxygen atoms in total. The molecule has 0 aliphatic rings. The largest absolute Gasteiger partial charge is 0.320 e. The van der Waals surface area contributed by atoms with E-state index in [4.69, 9.17) is 5.73 Å². The summed E-state index contributed by atoms with van der Waals surface area (Å²) in [7, 11) is 0. The molecule has 1 atom stereocenters. The van der Waals surface area contributed by atoms with Gasteiger partial charge in [0.15, 0.2) is 0 Å². The van der Waals surface area contributed by atoms with Gasteiger partial charge in [0.1, 0.15) is 5.82 Å². The number of rotatable bonds is 2. The predicted octanol–water partition coefficient (Wildman–Crippen LogP) is 2.89. The van der Waals surface area contributed by atoms with Crippen molar-refractivity contribution in [1.29, 1.82) is 0 Å². The zero-order valence-electron chi connectivity index (χ0n) is 9.94. The first kappa shape index (κ1) is 11.7. The molecule has 88 valence electrons. The molecule has 0 saturated carbocycles. The average molecular weight is 230 g/mol. The molecule has 1 unspecified atom stereocenters. The van der Waals surface area contributed by atoms with Gasteiger partial charge in [-0.1, -0.05) is 23.8 Å². The smallest absolute Gasteiger partial charge is 0.146 e. The number of halogens is 1. The Labute approximate surface area is 100 Å². The van der Waals surface area contributed by atoms with Crippen LogP contribution in [0.15, 0.2) is 36.7 Å². The first-order valence-electron chi connectivity index (χ1n) is 5.51. The second-order valence-electron chi connectivity index (χ2n) is 4.23. The van der Waals surface area contributed by atoms with Gasteiger partial charge in [0.05, 0.1) is 12.2 Å². The van der Waals surface area contributed by atoms with Gasteiger partial charge in [0.25, 0.3) is 0 Å². The number of hydrogen-bond acceptors (Lipinski definition) is 2. The van der Waals surface area contributed by atoms with E-state index in [1.54, 1.807) is 12.3 Å². The number of benzene rings is 1.